The Hall–Kier alpha value is -3.77. The minimum atomic E-state index is -0.937. The van der Waals surface area contributed by atoms with Crippen molar-refractivity contribution < 1.29 is 9.90 Å². The van der Waals surface area contributed by atoms with E-state index in [4.69, 9.17) is 5.10 Å². The third kappa shape index (κ3) is 4.56. The molecule has 6 nitrogen and oxygen atoms in total. The summed E-state index contributed by atoms with van der Waals surface area (Å²) in [5, 5.41) is 14.4. The van der Waals surface area contributed by atoms with E-state index in [2.05, 4.69) is 51.0 Å². The van der Waals surface area contributed by atoms with Gasteiger partial charge in [0.05, 0.1) is 23.5 Å². The topological polar surface area (TPSA) is 71.2 Å². The maximum absolute atomic E-state index is 11.7. The van der Waals surface area contributed by atoms with Gasteiger partial charge in [0.1, 0.15) is 0 Å². The Bertz CT molecular complexity index is 1240. The maximum Gasteiger partial charge on any atom is 0.336 e. The third-order valence-corrected chi connectivity index (χ3v) is 6.28. The van der Waals surface area contributed by atoms with Crippen molar-refractivity contribution in [3.05, 3.63) is 108 Å². The van der Waals surface area contributed by atoms with Crippen molar-refractivity contribution in [2.75, 3.05) is 13.1 Å². The zero-order valence-corrected chi connectivity index (χ0v) is 18.3. The van der Waals surface area contributed by atoms with Crippen LogP contribution in [0.4, 0.5) is 0 Å². The molecule has 0 bridgehead atoms. The fourth-order valence-corrected chi connectivity index (χ4v) is 4.70. The summed E-state index contributed by atoms with van der Waals surface area (Å²) in [6.07, 6.45) is 6.56. The summed E-state index contributed by atoms with van der Waals surface area (Å²) in [6, 6.07) is 22.6. The van der Waals surface area contributed by atoms with E-state index in [9.17, 15) is 9.90 Å². The van der Waals surface area contributed by atoms with Crippen LogP contribution < -0.4 is 0 Å². The summed E-state index contributed by atoms with van der Waals surface area (Å²) in [7, 11) is 0. The van der Waals surface area contributed by atoms with Gasteiger partial charge < -0.3 is 5.11 Å². The lowest BCUT2D eigenvalue weighted by Crippen LogP contribution is -2.22. The number of carboxylic acids is 1. The van der Waals surface area contributed by atoms with Crippen molar-refractivity contribution in [1.29, 1.82) is 0 Å². The quantitative estimate of drug-likeness (QED) is 0.454. The van der Waals surface area contributed by atoms with Gasteiger partial charge >= 0.3 is 5.97 Å². The summed E-state index contributed by atoms with van der Waals surface area (Å²) in [4.78, 5) is 18.3. The summed E-state index contributed by atoms with van der Waals surface area (Å²) in [5.41, 5.74) is 5.46. The monoisotopic (exact) mass is 438 g/mol. The van der Waals surface area contributed by atoms with E-state index in [0.717, 1.165) is 42.9 Å². The smallest absolute Gasteiger partial charge is 0.336 e. The molecule has 2 aromatic carbocycles. The summed E-state index contributed by atoms with van der Waals surface area (Å²) < 4.78 is 2.15. The lowest BCUT2D eigenvalue weighted by molar-refractivity contribution is 0.0695. The van der Waals surface area contributed by atoms with Gasteiger partial charge in [-0.2, -0.15) is 5.10 Å². The minimum Gasteiger partial charge on any atom is -0.478 e. The zero-order valence-electron chi connectivity index (χ0n) is 18.3. The average molecular weight is 439 g/mol. The SMILES string of the molecule is O=C(O)c1ccncc1Cc1cnn(C2CCN(Cc3ccccc3)C2)c1-c1ccccc1. The average Bonchev–Trinajstić information content (AvgIpc) is 3.47. The van der Waals surface area contributed by atoms with E-state index in [1.54, 1.807) is 12.3 Å². The fraction of sp³-hybridized carbons (Fsp3) is 0.222. The lowest BCUT2D eigenvalue weighted by Gasteiger charge is -2.18. The van der Waals surface area contributed by atoms with Crippen LogP contribution in [-0.4, -0.2) is 43.8 Å². The van der Waals surface area contributed by atoms with E-state index in [1.165, 1.54) is 11.8 Å². The molecular weight excluding hydrogens is 412 g/mol. The van der Waals surface area contributed by atoms with Crippen molar-refractivity contribution in [2.45, 2.75) is 25.4 Å². The second-order valence-electron chi connectivity index (χ2n) is 8.51. The molecule has 0 spiro atoms. The molecule has 1 atom stereocenters. The largest absolute Gasteiger partial charge is 0.478 e. The number of aromatic nitrogens is 3. The zero-order chi connectivity index (χ0) is 22.6. The highest BCUT2D eigenvalue weighted by atomic mass is 16.4. The predicted octanol–water partition coefficient (Wildman–Crippen LogP) is 4.68. The molecule has 166 valence electrons. The second kappa shape index (κ2) is 9.38. The van der Waals surface area contributed by atoms with Gasteiger partial charge in [-0.1, -0.05) is 60.7 Å². The number of likely N-dealkylation sites (tertiary alicyclic amines) is 1. The van der Waals surface area contributed by atoms with Crippen LogP contribution in [0.2, 0.25) is 0 Å². The summed E-state index contributed by atoms with van der Waals surface area (Å²) in [6.45, 7) is 2.89. The Balaban J connectivity index is 1.45. The first-order valence-electron chi connectivity index (χ1n) is 11.2. The Morgan fingerprint density at radius 1 is 0.970 bits per heavy atom. The molecule has 0 radical (unpaired) electrons. The molecule has 0 amide bonds. The molecular formula is C27H26N4O2. The molecule has 6 heteroatoms. The summed E-state index contributed by atoms with van der Waals surface area (Å²) in [5.74, 6) is -0.937. The van der Waals surface area contributed by atoms with Crippen LogP contribution in [0.5, 0.6) is 0 Å². The molecule has 1 saturated heterocycles. The number of benzene rings is 2. The van der Waals surface area contributed by atoms with Crippen molar-refractivity contribution in [1.82, 2.24) is 19.7 Å². The van der Waals surface area contributed by atoms with Crippen LogP contribution >= 0.6 is 0 Å². The van der Waals surface area contributed by atoms with Crippen LogP contribution in [0, 0.1) is 0 Å². The molecule has 0 aliphatic carbocycles. The first-order valence-corrected chi connectivity index (χ1v) is 11.2. The van der Waals surface area contributed by atoms with E-state index in [-0.39, 0.29) is 11.6 Å². The lowest BCUT2D eigenvalue weighted by atomic mass is 9.99. The minimum absolute atomic E-state index is 0.269. The van der Waals surface area contributed by atoms with E-state index in [0.29, 0.717) is 12.0 Å². The van der Waals surface area contributed by atoms with Gasteiger partial charge in [0.15, 0.2) is 0 Å². The van der Waals surface area contributed by atoms with E-state index in [1.807, 2.05) is 30.5 Å². The van der Waals surface area contributed by atoms with Crippen LogP contribution in [0.15, 0.2) is 85.3 Å². The van der Waals surface area contributed by atoms with Crippen LogP contribution in [0.25, 0.3) is 11.3 Å². The normalized spacial score (nSPS) is 16.2. The Kier molecular flexibility index (Phi) is 6.00. The number of rotatable bonds is 7. The van der Waals surface area contributed by atoms with Crippen LogP contribution in [0.1, 0.15) is 39.5 Å². The van der Waals surface area contributed by atoms with Gasteiger partial charge in [-0.15, -0.1) is 0 Å². The predicted molar refractivity (Wildman–Crippen MR) is 127 cm³/mol. The number of carboxylic acid groups (broad SMARTS) is 1. The number of pyridine rings is 1. The fourth-order valence-electron chi connectivity index (χ4n) is 4.70. The molecule has 0 saturated carbocycles. The number of nitrogens with zero attached hydrogens (tertiary/aromatic N) is 4. The highest BCUT2D eigenvalue weighted by Gasteiger charge is 2.28. The van der Waals surface area contributed by atoms with Crippen LogP contribution in [-0.2, 0) is 13.0 Å². The molecule has 4 aromatic rings. The maximum atomic E-state index is 11.7. The molecule has 1 unspecified atom stereocenters. The van der Waals surface area contributed by atoms with Gasteiger partial charge in [-0.05, 0) is 23.6 Å². The molecule has 5 rings (SSSR count). The van der Waals surface area contributed by atoms with Gasteiger partial charge in [0.25, 0.3) is 0 Å². The Labute approximate surface area is 193 Å². The number of hydrogen-bond donors (Lipinski definition) is 1. The van der Waals surface area contributed by atoms with Crippen molar-refractivity contribution >= 4 is 5.97 Å². The molecule has 1 N–H and O–H groups in total. The van der Waals surface area contributed by atoms with E-state index < -0.39 is 5.97 Å². The number of aromatic carboxylic acids is 1. The standard InChI is InChI=1S/C27H26N4O2/c32-27(33)25-11-13-28-16-22(25)15-23-17-29-31(26(23)21-9-5-2-6-10-21)24-12-14-30(19-24)18-20-7-3-1-4-8-20/h1-11,13,16-17,24H,12,14-15,18-19H2,(H,32,33). The van der Waals surface area contributed by atoms with Crippen molar-refractivity contribution in [3.8, 4) is 11.3 Å². The first-order chi connectivity index (χ1) is 16.2. The van der Waals surface area contributed by atoms with Gasteiger partial charge in [0.2, 0.25) is 0 Å². The second-order valence-corrected chi connectivity index (χ2v) is 8.51. The van der Waals surface area contributed by atoms with Crippen molar-refractivity contribution in [3.63, 3.8) is 0 Å². The number of hydrogen-bond acceptors (Lipinski definition) is 4. The molecule has 2 aromatic heterocycles. The number of carbonyl (C=O) groups is 1. The highest BCUT2D eigenvalue weighted by molar-refractivity contribution is 5.89. The Morgan fingerprint density at radius 3 is 2.48 bits per heavy atom. The third-order valence-electron chi connectivity index (χ3n) is 6.28. The van der Waals surface area contributed by atoms with Gasteiger partial charge in [-0.25, -0.2) is 4.79 Å². The van der Waals surface area contributed by atoms with Crippen molar-refractivity contribution in [2.24, 2.45) is 0 Å². The molecule has 1 fully saturated rings. The first kappa shape index (κ1) is 21.1. The molecule has 33 heavy (non-hydrogen) atoms. The molecule has 1 aliphatic rings. The van der Waals surface area contributed by atoms with Gasteiger partial charge in [0, 0.05) is 49.6 Å². The van der Waals surface area contributed by atoms with Gasteiger partial charge in [-0.3, -0.25) is 14.6 Å². The summed E-state index contributed by atoms with van der Waals surface area (Å²) >= 11 is 0. The molecule has 1 aliphatic heterocycles. The molecule has 3 heterocycles. The van der Waals surface area contributed by atoms with Crippen LogP contribution in [0.3, 0.4) is 0 Å². The highest BCUT2D eigenvalue weighted by Crippen LogP contribution is 2.32. The Morgan fingerprint density at radius 2 is 1.73 bits per heavy atom. The van der Waals surface area contributed by atoms with E-state index >= 15 is 0 Å².